The van der Waals surface area contributed by atoms with Crippen molar-refractivity contribution in [1.82, 2.24) is 5.32 Å². The predicted molar refractivity (Wildman–Crippen MR) is 74.0 cm³/mol. The van der Waals surface area contributed by atoms with Crippen LogP contribution in [-0.4, -0.2) is 17.6 Å². The van der Waals surface area contributed by atoms with Crippen LogP contribution in [0.1, 0.15) is 41.6 Å². The Kier molecular flexibility index (Phi) is 3.56. The van der Waals surface area contributed by atoms with Crippen molar-refractivity contribution in [3.05, 3.63) is 35.4 Å². The fourth-order valence-electron chi connectivity index (χ4n) is 3.79. The molecule has 2 aliphatic rings. The van der Waals surface area contributed by atoms with Crippen LogP contribution in [-0.2, 0) is 6.54 Å². The number of hydrogen-bond donors (Lipinski definition) is 2. The molecule has 1 aromatic rings. The minimum atomic E-state index is -0.860. The van der Waals surface area contributed by atoms with Crippen LogP contribution < -0.4 is 5.32 Å². The Morgan fingerprint density at radius 2 is 2.00 bits per heavy atom. The summed E-state index contributed by atoms with van der Waals surface area (Å²) in [5.41, 5.74) is 1.52. The first-order valence-corrected chi connectivity index (χ1v) is 7.25. The van der Waals surface area contributed by atoms with Crippen molar-refractivity contribution in [2.75, 3.05) is 6.54 Å². The summed E-state index contributed by atoms with van der Waals surface area (Å²) < 4.78 is 0. The predicted octanol–water partition coefficient (Wildman–Crippen LogP) is 2.91. The van der Waals surface area contributed by atoms with Crippen molar-refractivity contribution >= 4 is 5.97 Å². The van der Waals surface area contributed by atoms with Gasteiger partial charge in [-0.2, -0.15) is 0 Å². The smallest absolute Gasteiger partial charge is 0.335 e. The zero-order valence-electron chi connectivity index (χ0n) is 11.1. The van der Waals surface area contributed by atoms with Gasteiger partial charge in [0.2, 0.25) is 0 Å². The highest BCUT2D eigenvalue weighted by Crippen LogP contribution is 2.47. The third-order valence-corrected chi connectivity index (χ3v) is 4.82. The molecule has 3 rings (SSSR count). The Morgan fingerprint density at radius 3 is 2.58 bits per heavy atom. The number of rotatable bonds is 5. The lowest BCUT2D eigenvalue weighted by Gasteiger charge is -2.21. The molecule has 0 aromatic heterocycles. The summed E-state index contributed by atoms with van der Waals surface area (Å²) in [6.45, 7) is 1.95. The van der Waals surface area contributed by atoms with E-state index in [1.165, 1.54) is 25.7 Å². The summed E-state index contributed by atoms with van der Waals surface area (Å²) in [5, 5.41) is 12.4. The molecule has 3 atom stereocenters. The van der Waals surface area contributed by atoms with Crippen molar-refractivity contribution in [3.63, 3.8) is 0 Å². The molecule has 2 saturated carbocycles. The lowest BCUT2D eigenvalue weighted by Crippen LogP contribution is -2.26. The quantitative estimate of drug-likeness (QED) is 0.854. The molecule has 0 heterocycles. The van der Waals surface area contributed by atoms with Crippen molar-refractivity contribution in [2.24, 2.45) is 17.8 Å². The second-order valence-corrected chi connectivity index (χ2v) is 6.07. The van der Waals surface area contributed by atoms with Gasteiger partial charge in [-0.05, 0) is 61.3 Å². The van der Waals surface area contributed by atoms with Crippen LogP contribution >= 0.6 is 0 Å². The van der Waals surface area contributed by atoms with Gasteiger partial charge < -0.3 is 10.4 Å². The van der Waals surface area contributed by atoms with Gasteiger partial charge in [-0.1, -0.05) is 18.6 Å². The van der Waals surface area contributed by atoms with Crippen LogP contribution in [0.5, 0.6) is 0 Å². The zero-order valence-corrected chi connectivity index (χ0v) is 11.1. The lowest BCUT2D eigenvalue weighted by atomic mass is 9.89. The first-order chi connectivity index (χ1) is 9.22. The second kappa shape index (κ2) is 5.33. The van der Waals surface area contributed by atoms with Crippen LogP contribution in [0.15, 0.2) is 24.3 Å². The molecule has 0 spiro atoms. The number of carboxylic acids is 1. The highest BCUT2D eigenvalue weighted by Gasteiger charge is 2.38. The molecule has 3 nitrogen and oxygen atoms in total. The second-order valence-electron chi connectivity index (χ2n) is 6.07. The van der Waals surface area contributed by atoms with E-state index in [1.54, 1.807) is 12.1 Å². The van der Waals surface area contributed by atoms with Crippen LogP contribution in [0.2, 0.25) is 0 Å². The van der Waals surface area contributed by atoms with Crippen molar-refractivity contribution in [2.45, 2.75) is 32.2 Å². The number of nitrogens with one attached hydrogen (secondary N) is 1. The first-order valence-electron chi connectivity index (χ1n) is 7.25. The van der Waals surface area contributed by atoms with Crippen LogP contribution in [0.3, 0.4) is 0 Å². The fraction of sp³-hybridized carbons (Fsp3) is 0.562. The van der Waals surface area contributed by atoms with Gasteiger partial charge in [0.25, 0.3) is 0 Å². The summed E-state index contributed by atoms with van der Waals surface area (Å²) in [4.78, 5) is 10.8. The Morgan fingerprint density at radius 1 is 1.21 bits per heavy atom. The van der Waals surface area contributed by atoms with E-state index < -0.39 is 5.97 Å². The van der Waals surface area contributed by atoms with E-state index in [4.69, 9.17) is 5.11 Å². The summed E-state index contributed by atoms with van der Waals surface area (Å²) in [6, 6.07) is 7.16. The van der Waals surface area contributed by atoms with Gasteiger partial charge in [-0.25, -0.2) is 4.79 Å². The lowest BCUT2D eigenvalue weighted by molar-refractivity contribution is 0.0697. The third kappa shape index (κ3) is 2.81. The largest absolute Gasteiger partial charge is 0.478 e. The number of fused-ring (bicyclic) bond motifs is 2. The Hall–Kier alpha value is -1.35. The molecule has 0 amide bonds. The number of carboxylic acid groups (broad SMARTS) is 1. The molecule has 2 aliphatic carbocycles. The highest BCUT2D eigenvalue weighted by atomic mass is 16.4. The summed E-state index contributed by atoms with van der Waals surface area (Å²) >= 11 is 0. The van der Waals surface area contributed by atoms with Crippen LogP contribution in [0.25, 0.3) is 0 Å². The maximum Gasteiger partial charge on any atom is 0.335 e. The average molecular weight is 259 g/mol. The van der Waals surface area contributed by atoms with Gasteiger partial charge in [-0.15, -0.1) is 0 Å². The van der Waals surface area contributed by atoms with Gasteiger partial charge in [0.1, 0.15) is 0 Å². The van der Waals surface area contributed by atoms with Crippen molar-refractivity contribution in [1.29, 1.82) is 0 Å². The molecule has 1 aromatic carbocycles. The standard InChI is InChI=1S/C16H21NO2/c18-16(19)13-4-1-11(2-5-13)9-17-10-15-8-12-3-6-14(15)7-12/h1-2,4-5,12,14-15,17H,3,6-10H2,(H,18,19). The van der Waals surface area contributed by atoms with E-state index in [0.29, 0.717) is 5.56 Å². The van der Waals surface area contributed by atoms with E-state index in [0.717, 1.165) is 36.4 Å². The maximum atomic E-state index is 10.8. The third-order valence-electron chi connectivity index (χ3n) is 4.82. The van der Waals surface area contributed by atoms with Gasteiger partial charge in [0, 0.05) is 6.54 Å². The Balaban J connectivity index is 1.46. The molecular weight excluding hydrogens is 238 g/mol. The minimum absolute atomic E-state index is 0.358. The molecule has 19 heavy (non-hydrogen) atoms. The molecule has 2 fully saturated rings. The molecule has 2 bridgehead atoms. The highest BCUT2D eigenvalue weighted by molar-refractivity contribution is 5.87. The molecule has 3 heteroatoms. The normalized spacial score (nSPS) is 28.7. The Bertz CT molecular complexity index is 454. The van der Waals surface area contributed by atoms with Crippen LogP contribution in [0.4, 0.5) is 0 Å². The summed E-state index contributed by atoms with van der Waals surface area (Å²) in [7, 11) is 0. The van der Waals surface area contributed by atoms with Gasteiger partial charge >= 0.3 is 5.97 Å². The van der Waals surface area contributed by atoms with Gasteiger partial charge in [0.05, 0.1) is 5.56 Å². The first kappa shape index (κ1) is 12.7. The van der Waals surface area contributed by atoms with Crippen molar-refractivity contribution < 1.29 is 9.90 Å². The molecule has 2 N–H and O–H groups in total. The molecule has 3 unspecified atom stereocenters. The fourth-order valence-corrected chi connectivity index (χ4v) is 3.79. The summed E-state index contributed by atoms with van der Waals surface area (Å²) in [5.74, 6) is 1.98. The number of carbonyl (C=O) groups is 1. The number of benzene rings is 1. The summed E-state index contributed by atoms with van der Waals surface area (Å²) in [6.07, 6.45) is 5.76. The average Bonchev–Trinajstić information content (AvgIpc) is 3.02. The van der Waals surface area contributed by atoms with E-state index in [9.17, 15) is 4.79 Å². The molecule has 0 saturated heterocycles. The zero-order chi connectivity index (χ0) is 13.2. The molecule has 0 radical (unpaired) electrons. The topological polar surface area (TPSA) is 49.3 Å². The van der Waals surface area contributed by atoms with E-state index in [-0.39, 0.29) is 0 Å². The minimum Gasteiger partial charge on any atom is -0.478 e. The Labute approximate surface area is 114 Å². The number of aromatic carboxylic acids is 1. The van der Waals surface area contributed by atoms with Crippen molar-refractivity contribution in [3.8, 4) is 0 Å². The molecular formula is C16H21NO2. The van der Waals surface area contributed by atoms with Crippen LogP contribution in [0, 0.1) is 17.8 Å². The molecule has 102 valence electrons. The monoisotopic (exact) mass is 259 g/mol. The van der Waals surface area contributed by atoms with E-state index in [2.05, 4.69) is 5.32 Å². The van der Waals surface area contributed by atoms with Gasteiger partial charge in [0.15, 0.2) is 0 Å². The van der Waals surface area contributed by atoms with E-state index in [1.807, 2.05) is 12.1 Å². The van der Waals surface area contributed by atoms with Gasteiger partial charge in [-0.3, -0.25) is 0 Å². The SMILES string of the molecule is O=C(O)c1ccc(CNCC2CC3CCC2C3)cc1. The number of hydrogen-bond acceptors (Lipinski definition) is 2. The maximum absolute atomic E-state index is 10.8. The van der Waals surface area contributed by atoms with E-state index >= 15 is 0 Å². The molecule has 0 aliphatic heterocycles.